The second-order valence-electron chi connectivity index (χ2n) is 4.44. The molecular weight excluding hydrogens is 272 g/mol. The van der Waals surface area contributed by atoms with Crippen LogP contribution >= 0.6 is 11.8 Å². The summed E-state index contributed by atoms with van der Waals surface area (Å²) in [6.45, 7) is 4.47. The minimum Gasteiger partial charge on any atom is -0.354 e. The van der Waals surface area contributed by atoms with E-state index in [9.17, 15) is 13.2 Å². The van der Waals surface area contributed by atoms with Gasteiger partial charge in [0.1, 0.15) is 0 Å². The Bertz CT molecular complexity index is 357. The van der Waals surface area contributed by atoms with Crippen LogP contribution in [-0.2, 0) is 14.6 Å². The predicted octanol–water partition coefficient (Wildman–Crippen LogP) is 0.0225. The van der Waals surface area contributed by atoms with Crippen molar-refractivity contribution in [1.82, 2.24) is 10.6 Å². The molecule has 1 unspecified atom stereocenters. The lowest BCUT2D eigenvalue weighted by atomic mass is 10.4. The van der Waals surface area contributed by atoms with E-state index in [4.69, 9.17) is 0 Å². The number of rotatable bonds is 8. The van der Waals surface area contributed by atoms with Crippen LogP contribution in [0, 0.1) is 0 Å². The molecule has 0 aromatic carbocycles. The molecule has 18 heavy (non-hydrogen) atoms. The van der Waals surface area contributed by atoms with Crippen molar-refractivity contribution < 1.29 is 13.2 Å². The maximum absolute atomic E-state index is 11.5. The van der Waals surface area contributed by atoms with Crippen LogP contribution in [0.2, 0.25) is 0 Å². The van der Waals surface area contributed by atoms with Crippen LogP contribution in [0.5, 0.6) is 0 Å². The molecule has 2 N–H and O–H groups in total. The van der Waals surface area contributed by atoms with Gasteiger partial charge in [0.25, 0.3) is 0 Å². The van der Waals surface area contributed by atoms with Gasteiger partial charge in [-0.2, -0.15) is 0 Å². The van der Waals surface area contributed by atoms with Crippen molar-refractivity contribution in [2.75, 3.05) is 36.9 Å². The van der Waals surface area contributed by atoms with E-state index in [2.05, 4.69) is 17.6 Å². The molecule has 1 rings (SSSR count). The van der Waals surface area contributed by atoms with Crippen molar-refractivity contribution in [3.8, 4) is 0 Å². The Morgan fingerprint density at radius 3 is 2.72 bits per heavy atom. The van der Waals surface area contributed by atoms with Crippen molar-refractivity contribution in [1.29, 1.82) is 0 Å². The minimum absolute atomic E-state index is 0.0115. The quantitative estimate of drug-likeness (QED) is 0.618. The van der Waals surface area contributed by atoms with Crippen molar-refractivity contribution in [3.63, 3.8) is 0 Å². The van der Waals surface area contributed by atoms with E-state index in [1.54, 1.807) is 0 Å². The summed E-state index contributed by atoms with van der Waals surface area (Å²) < 4.78 is 22.5. The molecule has 1 amide bonds. The van der Waals surface area contributed by atoms with Gasteiger partial charge < -0.3 is 10.6 Å². The Labute approximate surface area is 113 Å². The van der Waals surface area contributed by atoms with Gasteiger partial charge in [0.05, 0.1) is 17.3 Å². The minimum atomic E-state index is -2.83. The molecule has 0 aromatic heterocycles. The van der Waals surface area contributed by atoms with E-state index in [0.29, 0.717) is 18.7 Å². The first-order chi connectivity index (χ1) is 8.53. The first-order valence-electron chi connectivity index (χ1n) is 6.33. The van der Waals surface area contributed by atoms with Gasteiger partial charge in [-0.05, 0) is 19.4 Å². The average Bonchev–Trinajstić information content (AvgIpc) is 2.66. The monoisotopic (exact) mass is 294 g/mol. The SMILES string of the molecule is CCCNCCNC(=O)CSC1CCS(=O)(=O)C1. The zero-order valence-electron chi connectivity index (χ0n) is 10.8. The highest BCUT2D eigenvalue weighted by molar-refractivity contribution is 8.02. The highest BCUT2D eigenvalue weighted by Crippen LogP contribution is 2.23. The lowest BCUT2D eigenvalue weighted by molar-refractivity contribution is -0.118. The Balaban J connectivity index is 2.04. The highest BCUT2D eigenvalue weighted by atomic mass is 32.2. The Hall–Kier alpha value is -0.270. The van der Waals surface area contributed by atoms with Crippen LogP contribution in [0.4, 0.5) is 0 Å². The predicted molar refractivity (Wildman–Crippen MR) is 75.7 cm³/mol. The van der Waals surface area contributed by atoms with E-state index in [0.717, 1.165) is 19.5 Å². The summed E-state index contributed by atoms with van der Waals surface area (Å²) in [5, 5.41) is 6.11. The van der Waals surface area contributed by atoms with E-state index >= 15 is 0 Å². The van der Waals surface area contributed by atoms with Crippen molar-refractivity contribution >= 4 is 27.5 Å². The molecule has 0 bridgehead atoms. The van der Waals surface area contributed by atoms with Crippen LogP contribution in [0.15, 0.2) is 0 Å². The van der Waals surface area contributed by atoms with E-state index in [-0.39, 0.29) is 22.7 Å². The highest BCUT2D eigenvalue weighted by Gasteiger charge is 2.28. The summed E-state index contributed by atoms with van der Waals surface area (Å²) in [5.74, 6) is 0.840. The molecule has 0 radical (unpaired) electrons. The molecule has 1 aliphatic rings. The number of hydrogen-bond donors (Lipinski definition) is 2. The lowest BCUT2D eigenvalue weighted by Gasteiger charge is -2.08. The fourth-order valence-electron chi connectivity index (χ4n) is 1.73. The number of carbonyl (C=O) groups is 1. The van der Waals surface area contributed by atoms with Crippen LogP contribution in [0.1, 0.15) is 19.8 Å². The van der Waals surface area contributed by atoms with Gasteiger partial charge in [0.15, 0.2) is 9.84 Å². The molecule has 1 heterocycles. The second-order valence-corrected chi connectivity index (χ2v) is 7.95. The number of amides is 1. The second kappa shape index (κ2) is 8.01. The smallest absolute Gasteiger partial charge is 0.230 e. The molecule has 7 heteroatoms. The van der Waals surface area contributed by atoms with Crippen LogP contribution < -0.4 is 10.6 Å². The number of thioether (sulfide) groups is 1. The zero-order chi connectivity index (χ0) is 13.4. The largest absolute Gasteiger partial charge is 0.354 e. The summed E-state index contributed by atoms with van der Waals surface area (Å²) in [6, 6.07) is 0. The number of nitrogens with one attached hydrogen (secondary N) is 2. The summed E-state index contributed by atoms with van der Waals surface area (Å²) in [5.41, 5.74) is 0. The summed E-state index contributed by atoms with van der Waals surface area (Å²) in [6.07, 6.45) is 1.76. The number of sulfone groups is 1. The normalized spacial score (nSPS) is 21.9. The van der Waals surface area contributed by atoms with Gasteiger partial charge in [0, 0.05) is 18.3 Å². The Kier molecular flexibility index (Phi) is 7.03. The van der Waals surface area contributed by atoms with Gasteiger partial charge in [0.2, 0.25) is 5.91 Å². The van der Waals surface area contributed by atoms with E-state index < -0.39 is 9.84 Å². The van der Waals surface area contributed by atoms with Crippen LogP contribution in [0.25, 0.3) is 0 Å². The van der Waals surface area contributed by atoms with Crippen LogP contribution in [0.3, 0.4) is 0 Å². The third-order valence-corrected chi connectivity index (χ3v) is 5.97. The third kappa shape index (κ3) is 6.61. The standard InChI is InChI=1S/C11H22N2O3S2/c1-2-4-12-5-6-13-11(14)8-17-10-3-7-18(15,16)9-10/h10,12H,2-9H2,1H3,(H,13,14). The first kappa shape index (κ1) is 15.8. The topological polar surface area (TPSA) is 75.3 Å². The fraction of sp³-hybridized carbons (Fsp3) is 0.909. The number of hydrogen-bond acceptors (Lipinski definition) is 5. The average molecular weight is 294 g/mol. The maximum Gasteiger partial charge on any atom is 0.230 e. The Morgan fingerprint density at radius 2 is 2.11 bits per heavy atom. The number of carbonyl (C=O) groups excluding carboxylic acids is 1. The molecule has 1 saturated heterocycles. The molecule has 1 aliphatic heterocycles. The third-order valence-electron chi connectivity index (χ3n) is 2.69. The molecular formula is C11H22N2O3S2. The molecule has 0 aromatic rings. The molecule has 106 valence electrons. The first-order valence-corrected chi connectivity index (χ1v) is 9.20. The lowest BCUT2D eigenvalue weighted by Crippen LogP contribution is -2.33. The molecule has 0 saturated carbocycles. The molecule has 1 atom stereocenters. The Morgan fingerprint density at radius 1 is 1.33 bits per heavy atom. The zero-order valence-corrected chi connectivity index (χ0v) is 12.4. The molecule has 0 spiro atoms. The van der Waals surface area contributed by atoms with Gasteiger partial charge in [-0.15, -0.1) is 11.8 Å². The van der Waals surface area contributed by atoms with E-state index in [1.165, 1.54) is 11.8 Å². The fourth-order valence-corrected chi connectivity index (χ4v) is 5.20. The summed E-state index contributed by atoms with van der Waals surface area (Å²) in [4.78, 5) is 11.5. The van der Waals surface area contributed by atoms with Gasteiger partial charge in [-0.3, -0.25) is 4.79 Å². The summed E-state index contributed by atoms with van der Waals surface area (Å²) >= 11 is 1.45. The van der Waals surface area contributed by atoms with Crippen molar-refractivity contribution in [2.24, 2.45) is 0 Å². The molecule has 5 nitrogen and oxygen atoms in total. The summed E-state index contributed by atoms with van der Waals surface area (Å²) in [7, 11) is -2.83. The molecule has 0 aliphatic carbocycles. The molecule has 1 fully saturated rings. The van der Waals surface area contributed by atoms with Gasteiger partial charge in [-0.1, -0.05) is 6.92 Å². The maximum atomic E-state index is 11.5. The van der Waals surface area contributed by atoms with Gasteiger partial charge in [-0.25, -0.2) is 8.42 Å². The van der Waals surface area contributed by atoms with Crippen LogP contribution in [-0.4, -0.2) is 56.5 Å². The van der Waals surface area contributed by atoms with E-state index in [1.807, 2.05) is 0 Å². The van der Waals surface area contributed by atoms with Gasteiger partial charge >= 0.3 is 0 Å². The van der Waals surface area contributed by atoms with Crippen molar-refractivity contribution in [2.45, 2.75) is 25.0 Å². The van der Waals surface area contributed by atoms with Crippen molar-refractivity contribution in [3.05, 3.63) is 0 Å².